The van der Waals surface area contributed by atoms with E-state index in [-0.39, 0.29) is 17.4 Å². The Kier molecular flexibility index (Phi) is 5.05. The number of nitrogens with one attached hydrogen (secondary N) is 1. The van der Waals surface area contributed by atoms with E-state index in [1.807, 2.05) is 29.3 Å². The van der Waals surface area contributed by atoms with Gasteiger partial charge >= 0.3 is 0 Å². The number of hydrogen-bond acceptors (Lipinski definition) is 7. The number of allylic oxidation sites excluding steroid dienone is 1. The van der Waals surface area contributed by atoms with E-state index in [1.165, 1.54) is 11.0 Å². The number of carbonyl (C=O) groups excluding carboxylic acids is 1. The van der Waals surface area contributed by atoms with Gasteiger partial charge in [-0.25, -0.2) is 4.98 Å². The Balaban J connectivity index is 1.16. The van der Waals surface area contributed by atoms with Crippen molar-refractivity contribution in [2.24, 2.45) is 5.41 Å². The summed E-state index contributed by atoms with van der Waals surface area (Å²) in [5.74, 6) is 1.60. The molecule has 3 aliphatic rings. The maximum atomic E-state index is 13.4. The molecule has 2 aliphatic heterocycles. The SMILES string of the molecule is C=C1C=C(N2C(=O)C3(CCC(NCc4ccc(-n5cnnn5)nc4)CC3)C[C@H]2C)CO1. The van der Waals surface area contributed by atoms with Gasteiger partial charge in [-0.3, -0.25) is 4.79 Å². The van der Waals surface area contributed by atoms with Crippen molar-refractivity contribution >= 4 is 5.91 Å². The summed E-state index contributed by atoms with van der Waals surface area (Å²) < 4.78 is 6.99. The molecule has 1 atom stereocenters. The van der Waals surface area contributed by atoms with E-state index in [2.05, 4.69) is 39.3 Å². The number of ether oxygens (including phenoxy) is 1. The van der Waals surface area contributed by atoms with E-state index in [4.69, 9.17) is 4.74 Å². The number of hydrogen-bond donors (Lipinski definition) is 1. The summed E-state index contributed by atoms with van der Waals surface area (Å²) >= 11 is 0. The van der Waals surface area contributed by atoms with Gasteiger partial charge in [0.2, 0.25) is 5.91 Å². The van der Waals surface area contributed by atoms with Gasteiger partial charge in [0.15, 0.2) is 5.82 Å². The number of rotatable bonds is 5. The van der Waals surface area contributed by atoms with Gasteiger partial charge in [-0.1, -0.05) is 12.6 Å². The smallest absolute Gasteiger partial charge is 0.233 e. The third kappa shape index (κ3) is 3.74. The predicted octanol–water partition coefficient (Wildman–Crippen LogP) is 2.12. The molecule has 0 aromatic carbocycles. The van der Waals surface area contributed by atoms with Crippen LogP contribution in [-0.2, 0) is 16.1 Å². The summed E-state index contributed by atoms with van der Waals surface area (Å²) in [7, 11) is 0. The highest BCUT2D eigenvalue weighted by Crippen LogP contribution is 2.48. The van der Waals surface area contributed by atoms with E-state index in [0.717, 1.165) is 49.9 Å². The normalized spacial score (nSPS) is 28.3. The minimum Gasteiger partial charge on any atom is -0.488 e. The Morgan fingerprint density at radius 1 is 1.32 bits per heavy atom. The van der Waals surface area contributed by atoms with E-state index in [0.29, 0.717) is 24.2 Å². The Morgan fingerprint density at radius 2 is 2.16 bits per heavy atom. The van der Waals surface area contributed by atoms with Gasteiger partial charge in [-0.05, 0) is 61.1 Å². The molecular formula is C22H27N7O2. The summed E-state index contributed by atoms with van der Waals surface area (Å²) in [4.78, 5) is 19.7. The highest BCUT2D eigenvalue weighted by Gasteiger charge is 2.52. The highest BCUT2D eigenvalue weighted by atomic mass is 16.5. The van der Waals surface area contributed by atoms with Crippen molar-refractivity contribution in [1.29, 1.82) is 0 Å². The number of likely N-dealkylation sites (tertiary alicyclic amines) is 1. The van der Waals surface area contributed by atoms with Crippen molar-refractivity contribution in [1.82, 2.24) is 35.4 Å². The third-order valence-corrected chi connectivity index (χ3v) is 6.77. The maximum Gasteiger partial charge on any atom is 0.233 e. The molecule has 1 saturated carbocycles. The molecule has 0 bridgehead atoms. The number of aromatic nitrogens is 5. The second-order valence-electron chi connectivity index (χ2n) is 8.83. The summed E-state index contributed by atoms with van der Waals surface area (Å²) in [5.41, 5.74) is 1.84. The van der Waals surface area contributed by atoms with Crippen LogP contribution in [0.3, 0.4) is 0 Å². The monoisotopic (exact) mass is 421 g/mol. The van der Waals surface area contributed by atoms with Crippen molar-refractivity contribution in [3.8, 4) is 5.82 Å². The van der Waals surface area contributed by atoms with E-state index < -0.39 is 0 Å². The molecule has 31 heavy (non-hydrogen) atoms. The third-order valence-electron chi connectivity index (χ3n) is 6.77. The van der Waals surface area contributed by atoms with Crippen LogP contribution in [0.2, 0.25) is 0 Å². The number of carbonyl (C=O) groups is 1. The molecule has 4 heterocycles. The molecule has 9 heteroatoms. The van der Waals surface area contributed by atoms with Gasteiger partial charge in [0.1, 0.15) is 18.7 Å². The van der Waals surface area contributed by atoms with Crippen LogP contribution in [0.25, 0.3) is 5.82 Å². The molecule has 1 amide bonds. The van der Waals surface area contributed by atoms with Crippen LogP contribution in [0.15, 0.2) is 48.8 Å². The minimum absolute atomic E-state index is 0.211. The van der Waals surface area contributed by atoms with Crippen LogP contribution < -0.4 is 5.32 Å². The lowest BCUT2D eigenvalue weighted by molar-refractivity contribution is -0.136. The standard InChI is InChI=1S/C22H27N7O2/c1-15-10-22(21(30)29(15)19-9-16(2)31-13-19)7-5-18(6-8-22)23-11-17-3-4-20(24-12-17)28-14-25-26-27-28/h3-4,9,12,14-15,18,23H,2,5-8,10-11,13H2,1H3/t15-,18?,22?/m1/s1. The number of pyridine rings is 1. The zero-order valence-electron chi connectivity index (χ0n) is 17.7. The molecule has 1 N–H and O–H groups in total. The lowest BCUT2D eigenvalue weighted by Crippen LogP contribution is -2.42. The summed E-state index contributed by atoms with van der Waals surface area (Å²) in [6.45, 7) is 7.19. The molecule has 1 aliphatic carbocycles. The predicted molar refractivity (Wildman–Crippen MR) is 113 cm³/mol. The fourth-order valence-electron chi connectivity index (χ4n) is 5.17. The first-order valence-corrected chi connectivity index (χ1v) is 10.8. The van der Waals surface area contributed by atoms with Gasteiger partial charge in [-0.15, -0.1) is 5.10 Å². The molecule has 1 spiro atoms. The lowest BCUT2D eigenvalue weighted by atomic mass is 9.70. The average Bonchev–Trinajstić information content (AvgIpc) is 3.50. The number of tetrazole rings is 1. The first kappa shape index (κ1) is 19.9. The Bertz CT molecular complexity index is 991. The lowest BCUT2D eigenvalue weighted by Gasteiger charge is -2.36. The van der Waals surface area contributed by atoms with Gasteiger partial charge in [-0.2, -0.15) is 4.68 Å². The highest BCUT2D eigenvalue weighted by molar-refractivity contribution is 5.87. The first-order chi connectivity index (χ1) is 15.0. The Morgan fingerprint density at radius 3 is 2.81 bits per heavy atom. The minimum atomic E-state index is -0.225. The number of amides is 1. The zero-order chi connectivity index (χ0) is 21.4. The van der Waals surface area contributed by atoms with Crippen LogP contribution in [0.4, 0.5) is 0 Å². The second-order valence-corrected chi connectivity index (χ2v) is 8.83. The van der Waals surface area contributed by atoms with Crippen LogP contribution >= 0.6 is 0 Å². The Labute approximate surface area is 181 Å². The van der Waals surface area contributed by atoms with Crippen LogP contribution in [-0.4, -0.2) is 54.7 Å². The van der Waals surface area contributed by atoms with Gasteiger partial charge in [0.05, 0.1) is 11.1 Å². The van der Waals surface area contributed by atoms with Crippen molar-refractivity contribution in [2.45, 2.75) is 57.7 Å². The van der Waals surface area contributed by atoms with Crippen molar-refractivity contribution in [3.05, 3.63) is 54.3 Å². The topological polar surface area (TPSA) is 98.1 Å². The van der Waals surface area contributed by atoms with Crippen LogP contribution in [0, 0.1) is 5.41 Å². The maximum absolute atomic E-state index is 13.4. The molecule has 1 saturated heterocycles. The quantitative estimate of drug-likeness (QED) is 0.790. The van der Waals surface area contributed by atoms with Crippen molar-refractivity contribution in [2.75, 3.05) is 6.61 Å². The van der Waals surface area contributed by atoms with Crippen molar-refractivity contribution < 1.29 is 9.53 Å². The molecule has 9 nitrogen and oxygen atoms in total. The largest absolute Gasteiger partial charge is 0.488 e. The molecule has 0 unspecified atom stereocenters. The summed E-state index contributed by atoms with van der Waals surface area (Å²) in [6, 6.07) is 4.57. The average molecular weight is 422 g/mol. The fraction of sp³-hybridized carbons (Fsp3) is 0.500. The van der Waals surface area contributed by atoms with E-state index >= 15 is 0 Å². The van der Waals surface area contributed by atoms with Crippen molar-refractivity contribution in [3.63, 3.8) is 0 Å². The fourth-order valence-corrected chi connectivity index (χ4v) is 5.17. The van der Waals surface area contributed by atoms with Crippen LogP contribution in [0.5, 0.6) is 0 Å². The Hall–Kier alpha value is -3.07. The second kappa shape index (κ2) is 7.88. The molecule has 5 rings (SSSR count). The van der Waals surface area contributed by atoms with Crippen LogP contribution in [0.1, 0.15) is 44.6 Å². The van der Waals surface area contributed by atoms with Gasteiger partial charge < -0.3 is 15.0 Å². The molecule has 2 aromatic heterocycles. The molecular weight excluding hydrogens is 394 g/mol. The van der Waals surface area contributed by atoms with Gasteiger partial charge in [0, 0.05) is 30.9 Å². The number of nitrogens with zero attached hydrogens (tertiary/aromatic N) is 6. The van der Waals surface area contributed by atoms with E-state index in [9.17, 15) is 4.79 Å². The molecule has 2 aromatic rings. The molecule has 2 fully saturated rings. The molecule has 162 valence electrons. The first-order valence-electron chi connectivity index (χ1n) is 10.8. The summed E-state index contributed by atoms with van der Waals surface area (Å²) in [5, 5.41) is 14.7. The molecule has 0 radical (unpaired) electrons. The van der Waals surface area contributed by atoms with E-state index in [1.54, 1.807) is 0 Å². The zero-order valence-corrected chi connectivity index (χ0v) is 17.7. The summed E-state index contributed by atoms with van der Waals surface area (Å²) in [6.07, 6.45) is 10.1. The van der Waals surface area contributed by atoms with Gasteiger partial charge in [0.25, 0.3) is 0 Å².